The number of aromatic nitrogens is 1. The van der Waals surface area contributed by atoms with Gasteiger partial charge in [0.1, 0.15) is 5.75 Å². The summed E-state index contributed by atoms with van der Waals surface area (Å²) in [6.07, 6.45) is 3.82. The molecule has 2 rings (SSSR count). The Morgan fingerprint density at radius 2 is 2.29 bits per heavy atom. The summed E-state index contributed by atoms with van der Waals surface area (Å²) in [7, 11) is 0. The molecule has 5 heteroatoms. The third-order valence-corrected chi connectivity index (χ3v) is 3.83. The van der Waals surface area contributed by atoms with Crippen molar-refractivity contribution >= 4 is 0 Å². The molecule has 0 radical (unpaired) electrons. The minimum Gasteiger partial charge on any atom is -0.492 e. The zero-order chi connectivity index (χ0) is 15.1. The van der Waals surface area contributed by atoms with E-state index in [0.29, 0.717) is 6.61 Å². The van der Waals surface area contributed by atoms with Gasteiger partial charge in [0.2, 0.25) is 0 Å². The van der Waals surface area contributed by atoms with Crippen LogP contribution in [0.4, 0.5) is 0 Å². The lowest BCUT2D eigenvalue weighted by Crippen LogP contribution is -2.48. The Bertz CT molecular complexity index is 428. The molecule has 0 amide bonds. The first kappa shape index (κ1) is 16.2. The predicted molar refractivity (Wildman–Crippen MR) is 83.7 cm³/mol. The van der Waals surface area contributed by atoms with Crippen LogP contribution in [-0.4, -0.2) is 55.4 Å². The van der Waals surface area contributed by atoms with Gasteiger partial charge in [-0.15, -0.1) is 0 Å². The third kappa shape index (κ3) is 4.40. The van der Waals surface area contributed by atoms with E-state index in [0.717, 1.165) is 44.1 Å². The van der Waals surface area contributed by atoms with E-state index in [9.17, 15) is 0 Å². The monoisotopic (exact) mass is 293 g/mol. The molecule has 2 atom stereocenters. The van der Waals surface area contributed by atoms with Crippen LogP contribution in [0.2, 0.25) is 0 Å². The number of hydrogen-bond acceptors (Lipinski definition) is 5. The maximum absolute atomic E-state index is 6.01. The molecule has 1 fully saturated rings. The first-order chi connectivity index (χ1) is 10.3. The molecule has 2 unspecified atom stereocenters. The van der Waals surface area contributed by atoms with Crippen LogP contribution in [0.5, 0.6) is 5.75 Å². The second kappa shape index (κ2) is 8.32. The molecule has 0 saturated carbocycles. The minimum absolute atomic E-state index is 0.150. The molecular weight excluding hydrogens is 266 g/mol. The summed E-state index contributed by atoms with van der Waals surface area (Å²) in [5.74, 6) is 0.820. The second-order valence-corrected chi connectivity index (χ2v) is 5.22. The Labute approximate surface area is 127 Å². The first-order valence-electron chi connectivity index (χ1n) is 7.93. The van der Waals surface area contributed by atoms with Crippen molar-refractivity contribution in [1.29, 1.82) is 0 Å². The van der Waals surface area contributed by atoms with Gasteiger partial charge in [-0.2, -0.15) is 0 Å². The van der Waals surface area contributed by atoms with Crippen LogP contribution in [0, 0.1) is 0 Å². The highest BCUT2D eigenvalue weighted by Gasteiger charge is 2.28. The lowest BCUT2D eigenvalue weighted by atomic mass is 10.0. The van der Waals surface area contributed by atoms with Gasteiger partial charge in [-0.25, -0.2) is 0 Å². The lowest BCUT2D eigenvalue weighted by Gasteiger charge is -2.37. The maximum Gasteiger partial charge on any atom is 0.137 e. The quantitative estimate of drug-likeness (QED) is 0.831. The Morgan fingerprint density at radius 3 is 3.00 bits per heavy atom. The van der Waals surface area contributed by atoms with Gasteiger partial charge < -0.3 is 14.8 Å². The summed E-state index contributed by atoms with van der Waals surface area (Å²) in [6, 6.07) is 2.22. The molecule has 1 saturated heterocycles. The highest BCUT2D eigenvalue weighted by atomic mass is 16.5. The highest BCUT2D eigenvalue weighted by Crippen LogP contribution is 2.24. The van der Waals surface area contributed by atoms with Gasteiger partial charge >= 0.3 is 0 Å². The minimum atomic E-state index is 0.150. The average molecular weight is 293 g/mol. The van der Waals surface area contributed by atoms with E-state index in [-0.39, 0.29) is 12.1 Å². The number of morpholine rings is 1. The summed E-state index contributed by atoms with van der Waals surface area (Å²) in [6.45, 7) is 11.7. The summed E-state index contributed by atoms with van der Waals surface area (Å²) >= 11 is 0. The SMILES string of the molecule is CCNC(c1cncc(OCC)c1)C1CN(CC)CCO1. The second-order valence-electron chi connectivity index (χ2n) is 5.22. The summed E-state index contributed by atoms with van der Waals surface area (Å²) in [5, 5.41) is 3.54. The Balaban J connectivity index is 2.15. The van der Waals surface area contributed by atoms with Gasteiger partial charge in [0.05, 0.1) is 31.6 Å². The van der Waals surface area contributed by atoms with Gasteiger partial charge in [0.15, 0.2) is 0 Å². The molecule has 5 nitrogen and oxygen atoms in total. The van der Waals surface area contributed by atoms with Crippen LogP contribution in [0.25, 0.3) is 0 Å². The zero-order valence-electron chi connectivity index (χ0n) is 13.3. The average Bonchev–Trinajstić information content (AvgIpc) is 2.53. The molecular formula is C16H27N3O2. The predicted octanol–water partition coefficient (Wildman–Crippen LogP) is 1.85. The molecule has 2 heterocycles. The van der Waals surface area contributed by atoms with Crippen LogP contribution < -0.4 is 10.1 Å². The van der Waals surface area contributed by atoms with Gasteiger partial charge in [0.25, 0.3) is 0 Å². The van der Waals surface area contributed by atoms with Crippen molar-refractivity contribution in [3.63, 3.8) is 0 Å². The van der Waals surface area contributed by atoms with E-state index in [2.05, 4.69) is 35.1 Å². The fourth-order valence-electron chi connectivity index (χ4n) is 2.76. The van der Waals surface area contributed by atoms with E-state index in [1.807, 2.05) is 13.1 Å². The smallest absolute Gasteiger partial charge is 0.137 e. The molecule has 118 valence electrons. The van der Waals surface area contributed by atoms with Gasteiger partial charge in [-0.3, -0.25) is 9.88 Å². The molecule has 0 bridgehead atoms. The fraction of sp³-hybridized carbons (Fsp3) is 0.688. The van der Waals surface area contributed by atoms with E-state index in [1.54, 1.807) is 6.20 Å². The largest absolute Gasteiger partial charge is 0.492 e. The molecule has 1 aromatic heterocycles. The van der Waals surface area contributed by atoms with Crippen molar-refractivity contribution < 1.29 is 9.47 Å². The van der Waals surface area contributed by atoms with Crippen molar-refractivity contribution in [2.24, 2.45) is 0 Å². The standard InChI is InChI=1S/C16H27N3O2/c1-4-18-16(15-12-19(5-2)7-8-21-15)13-9-14(20-6-3)11-17-10-13/h9-11,15-16,18H,4-8,12H2,1-3H3. The van der Waals surface area contributed by atoms with E-state index in [1.165, 1.54) is 0 Å². The number of ether oxygens (including phenoxy) is 2. The normalized spacial score (nSPS) is 21.2. The lowest BCUT2D eigenvalue weighted by molar-refractivity contribution is -0.0454. The van der Waals surface area contributed by atoms with Crippen molar-refractivity contribution in [2.75, 3.05) is 39.4 Å². The Morgan fingerprint density at radius 1 is 1.43 bits per heavy atom. The van der Waals surface area contributed by atoms with Gasteiger partial charge in [-0.1, -0.05) is 13.8 Å². The molecule has 1 N–H and O–H groups in total. The molecule has 0 aromatic carbocycles. The van der Waals surface area contributed by atoms with Crippen LogP contribution in [0.15, 0.2) is 18.5 Å². The summed E-state index contributed by atoms with van der Waals surface area (Å²) in [4.78, 5) is 6.74. The summed E-state index contributed by atoms with van der Waals surface area (Å²) < 4.78 is 11.6. The van der Waals surface area contributed by atoms with Crippen molar-refractivity contribution in [3.8, 4) is 5.75 Å². The number of rotatable bonds is 7. The fourth-order valence-corrected chi connectivity index (χ4v) is 2.76. The molecule has 21 heavy (non-hydrogen) atoms. The van der Waals surface area contributed by atoms with E-state index < -0.39 is 0 Å². The Kier molecular flexibility index (Phi) is 6.42. The van der Waals surface area contributed by atoms with Gasteiger partial charge in [0, 0.05) is 19.3 Å². The molecule has 0 spiro atoms. The maximum atomic E-state index is 6.01. The molecule has 0 aliphatic carbocycles. The molecule has 1 aromatic rings. The van der Waals surface area contributed by atoms with E-state index in [4.69, 9.17) is 9.47 Å². The van der Waals surface area contributed by atoms with Crippen LogP contribution in [-0.2, 0) is 4.74 Å². The third-order valence-electron chi connectivity index (χ3n) is 3.83. The topological polar surface area (TPSA) is 46.6 Å². The van der Waals surface area contributed by atoms with Crippen molar-refractivity contribution in [1.82, 2.24) is 15.2 Å². The number of nitrogens with zero attached hydrogens (tertiary/aromatic N) is 2. The van der Waals surface area contributed by atoms with Crippen molar-refractivity contribution in [2.45, 2.75) is 32.9 Å². The summed E-state index contributed by atoms with van der Waals surface area (Å²) in [5.41, 5.74) is 1.13. The first-order valence-corrected chi connectivity index (χ1v) is 7.93. The van der Waals surface area contributed by atoms with Crippen LogP contribution in [0.1, 0.15) is 32.4 Å². The van der Waals surface area contributed by atoms with E-state index >= 15 is 0 Å². The molecule has 1 aliphatic rings. The molecule has 1 aliphatic heterocycles. The van der Waals surface area contributed by atoms with Crippen molar-refractivity contribution in [3.05, 3.63) is 24.0 Å². The number of likely N-dealkylation sites (N-methyl/N-ethyl adjacent to an activating group) is 2. The number of hydrogen-bond donors (Lipinski definition) is 1. The zero-order valence-corrected chi connectivity index (χ0v) is 13.3. The van der Waals surface area contributed by atoms with Crippen LogP contribution >= 0.6 is 0 Å². The Hall–Kier alpha value is -1.17. The number of pyridine rings is 1. The van der Waals surface area contributed by atoms with Crippen LogP contribution in [0.3, 0.4) is 0 Å². The highest BCUT2D eigenvalue weighted by molar-refractivity contribution is 5.27. The van der Waals surface area contributed by atoms with Gasteiger partial charge in [-0.05, 0) is 31.6 Å². The number of nitrogens with one attached hydrogen (secondary N) is 1.